The van der Waals surface area contributed by atoms with E-state index in [1.165, 1.54) is 6.07 Å². The number of hydrogen-bond donors (Lipinski definition) is 0. The summed E-state index contributed by atoms with van der Waals surface area (Å²) < 4.78 is 25.5. The molecule has 26 heavy (non-hydrogen) atoms. The lowest BCUT2D eigenvalue weighted by Gasteiger charge is -2.17. The highest BCUT2D eigenvalue weighted by Gasteiger charge is 2.28. The number of ether oxygens (including phenoxy) is 2. The van der Waals surface area contributed by atoms with Gasteiger partial charge in [0.05, 0.1) is 0 Å². The summed E-state index contributed by atoms with van der Waals surface area (Å²) in [5.74, 6) is 1.05. The van der Waals surface area contributed by atoms with Crippen LogP contribution in [0.25, 0.3) is 0 Å². The van der Waals surface area contributed by atoms with Gasteiger partial charge in [-0.05, 0) is 60.9 Å². The van der Waals surface area contributed by atoms with Gasteiger partial charge >= 0.3 is 5.97 Å². The highest BCUT2D eigenvalue weighted by Crippen LogP contribution is 2.44. The number of carbonyl (C=O) groups excluding carboxylic acids is 1. The minimum absolute atomic E-state index is 0.258. The minimum Gasteiger partial charge on any atom is -0.488 e. The molecule has 3 rings (SSSR count). The fraction of sp³-hybridized carbons (Fsp3) is 0.409. The molecule has 0 radical (unpaired) electrons. The summed E-state index contributed by atoms with van der Waals surface area (Å²) in [6.45, 7) is 5.80. The zero-order valence-corrected chi connectivity index (χ0v) is 15.6. The van der Waals surface area contributed by atoms with Crippen LogP contribution in [0.1, 0.15) is 61.3 Å². The van der Waals surface area contributed by atoms with Gasteiger partial charge in [-0.15, -0.1) is 0 Å². The quantitative estimate of drug-likeness (QED) is 0.487. The Kier molecular flexibility index (Phi) is 5.60. The van der Waals surface area contributed by atoms with E-state index in [0.717, 1.165) is 36.0 Å². The Morgan fingerprint density at radius 3 is 2.62 bits per heavy atom. The van der Waals surface area contributed by atoms with Gasteiger partial charge in [0.15, 0.2) is 0 Å². The molecule has 4 heteroatoms. The van der Waals surface area contributed by atoms with Crippen LogP contribution in [0.2, 0.25) is 0 Å². The first kappa shape index (κ1) is 18.4. The van der Waals surface area contributed by atoms with Crippen LogP contribution in [0.15, 0.2) is 30.3 Å². The molecule has 0 heterocycles. The standard InChI is InChI=1S/C22H25FO3/c1-4-15-11-14(3)19(23)12-21(15)25-13-18-17(16-9-10-16)7-6-8-20(18)26-22(24)5-2/h6-8,11-12,16H,4-5,9-10,13H2,1-3H3. The van der Waals surface area contributed by atoms with Crippen molar-refractivity contribution in [3.63, 3.8) is 0 Å². The lowest BCUT2D eigenvalue weighted by molar-refractivity contribution is -0.134. The number of aryl methyl sites for hydroxylation is 2. The number of rotatable bonds is 7. The maximum Gasteiger partial charge on any atom is 0.310 e. The summed E-state index contributed by atoms with van der Waals surface area (Å²) in [6.07, 6.45) is 3.35. The van der Waals surface area contributed by atoms with Crippen LogP contribution < -0.4 is 9.47 Å². The van der Waals surface area contributed by atoms with E-state index in [9.17, 15) is 9.18 Å². The van der Waals surface area contributed by atoms with Gasteiger partial charge in [-0.1, -0.05) is 26.0 Å². The topological polar surface area (TPSA) is 35.5 Å². The largest absolute Gasteiger partial charge is 0.488 e. The molecule has 0 unspecified atom stereocenters. The van der Waals surface area contributed by atoms with Crippen LogP contribution in [-0.4, -0.2) is 5.97 Å². The van der Waals surface area contributed by atoms with Gasteiger partial charge in [0.25, 0.3) is 0 Å². The molecule has 2 aromatic rings. The first-order valence-electron chi connectivity index (χ1n) is 9.27. The van der Waals surface area contributed by atoms with E-state index in [1.807, 2.05) is 19.1 Å². The third-order valence-electron chi connectivity index (χ3n) is 4.79. The van der Waals surface area contributed by atoms with Gasteiger partial charge in [0.1, 0.15) is 23.9 Å². The predicted molar refractivity (Wildman–Crippen MR) is 99.2 cm³/mol. The Morgan fingerprint density at radius 2 is 1.96 bits per heavy atom. The van der Waals surface area contributed by atoms with E-state index >= 15 is 0 Å². The second-order valence-electron chi connectivity index (χ2n) is 6.78. The third kappa shape index (κ3) is 4.06. The van der Waals surface area contributed by atoms with Crippen LogP contribution >= 0.6 is 0 Å². The molecule has 0 N–H and O–H groups in total. The lowest BCUT2D eigenvalue weighted by Crippen LogP contribution is -2.10. The predicted octanol–water partition coefficient (Wildman–Crippen LogP) is 5.47. The summed E-state index contributed by atoms with van der Waals surface area (Å²) in [6, 6.07) is 9.06. The van der Waals surface area contributed by atoms with Crippen molar-refractivity contribution in [2.45, 2.75) is 59.0 Å². The van der Waals surface area contributed by atoms with Gasteiger partial charge in [-0.2, -0.15) is 0 Å². The van der Waals surface area contributed by atoms with Crippen LogP contribution in [-0.2, 0) is 17.8 Å². The van der Waals surface area contributed by atoms with Crippen molar-refractivity contribution in [3.8, 4) is 11.5 Å². The first-order valence-corrected chi connectivity index (χ1v) is 9.27. The molecule has 0 aliphatic heterocycles. The SMILES string of the molecule is CCC(=O)Oc1cccc(C2CC2)c1COc1cc(F)c(C)cc1CC. The third-order valence-corrected chi connectivity index (χ3v) is 4.79. The van der Waals surface area contributed by atoms with E-state index < -0.39 is 0 Å². The molecule has 0 amide bonds. The van der Waals surface area contributed by atoms with Crippen LogP contribution in [0.3, 0.4) is 0 Å². The molecule has 0 spiro atoms. The molecular formula is C22H25FO3. The zero-order chi connectivity index (χ0) is 18.7. The molecule has 0 saturated heterocycles. The van der Waals surface area contributed by atoms with Crippen molar-refractivity contribution < 1.29 is 18.7 Å². The highest BCUT2D eigenvalue weighted by molar-refractivity contribution is 5.72. The van der Waals surface area contributed by atoms with Crippen molar-refractivity contribution in [3.05, 3.63) is 58.4 Å². The molecule has 0 bridgehead atoms. The number of benzene rings is 2. The van der Waals surface area contributed by atoms with E-state index in [0.29, 0.717) is 29.4 Å². The van der Waals surface area contributed by atoms with Crippen molar-refractivity contribution >= 4 is 5.97 Å². The number of esters is 1. The Morgan fingerprint density at radius 1 is 1.19 bits per heavy atom. The maximum atomic E-state index is 14.0. The number of hydrogen-bond acceptors (Lipinski definition) is 3. The monoisotopic (exact) mass is 356 g/mol. The van der Waals surface area contributed by atoms with Crippen molar-refractivity contribution in [1.82, 2.24) is 0 Å². The Hall–Kier alpha value is -2.36. The van der Waals surface area contributed by atoms with Gasteiger partial charge in [-0.25, -0.2) is 4.39 Å². The first-order chi connectivity index (χ1) is 12.5. The molecule has 1 saturated carbocycles. The maximum absolute atomic E-state index is 14.0. The molecule has 1 fully saturated rings. The average molecular weight is 356 g/mol. The fourth-order valence-corrected chi connectivity index (χ4v) is 3.09. The molecule has 0 aromatic heterocycles. The van der Waals surface area contributed by atoms with Gasteiger partial charge in [0, 0.05) is 18.1 Å². The summed E-state index contributed by atoms with van der Waals surface area (Å²) in [5, 5.41) is 0. The van der Waals surface area contributed by atoms with Crippen LogP contribution in [0, 0.1) is 12.7 Å². The average Bonchev–Trinajstić information content (AvgIpc) is 3.47. The Balaban J connectivity index is 1.89. The van der Waals surface area contributed by atoms with E-state index in [-0.39, 0.29) is 18.4 Å². The zero-order valence-electron chi connectivity index (χ0n) is 15.6. The molecular weight excluding hydrogens is 331 g/mol. The molecule has 138 valence electrons. The highest BCUT2D eigenvalue weighted by atomic mass is 19.1. The summed E-state index contributed by atoms with van der Waals surface area (Å²) >= 11 is 0. The van der Waals surface area contributed by atoms with E-state index in [1.54, 1.807) is 19.9 Å². The Bertz CT molecular complexity index is 809. The van der Waals surface area contributed by atoms with Crippen LogP contribution in [0.5, 0.6) is 11.5 Å². The second-order valence-corrected chi connectivity index (χ2v) is 6.78. The summed E-state index contributed by atoms with van der Waals surface area (Å²) in [5.41, 5.74) is 3.64. The van der Waals surface area contributed by atoms with Crippen molar-refractivity contribution in [2.24, 2.45) is 0 Å². The van der Waals surface area contributed by atoms with Gasteiger partial charge in [-0.3, -0.25) is 4.79 Å². The molecule has 3 nitrogen and oxygen atoms in total. The van der Waals surface area contributed by atoms with E-state index in [4.69, 9.17) is 9.47 Å². The summed E-state index contributed by atoms with van der Waals surface area (Å²) in [4.78, 5) is 11.8. The van der Waals surface area contributed by atoms with Gasteiger partial charge in [0.2, 0.25) is 0 Å². The molecule has 2 aromatic carbocycles. The molecule has 1 aliphatic rings. The van der Waals surface area contributed by atoms with Crippen molar-refractivity contribution in [1.29, 1.82) is 0 Å². The normalized spacial score (nSPS) is 13.5. The van der Waals surface area contributed by atoms with Crippen molar-refractivity contribution in [2.75, 3.05) is 0 Å². The second kappa shape index (κ2) is 7.90. The molecule has 1 aliphatic carbocycles. The number of halogens is 1. The molecule has 0 atom stereocenters. The smallest absolute Gasteiger partial charge is 0.310 e. The van der Waals surface area contributed by atoms with Crippen LogP contribution in [0.4, 0.5) is 4.39 Å². The fourth-order valence-electron chi connectivity index (χ4n) is 3.09. The minimum atomic E-state index is -0.273. The number of carbonyl (C=O) groups is 1. The van der Waals surface area contributed by atoms with Gasteiger partial charge < -0.3 is 9.47 Å². The Labute approximate surface area is 154 Å². The summed E-state index contributed by atoms with van der Waals surface area (Å²) in [7, 11) is 0. The lowest BCUT2D eigenvalue weighted by atomic mass is 10.0. The van der Waals surface area contributed by atoms with E-state index in [2.05, 4.69) is 6.07 Å².